The molecule has 16 heavy (non-hydrogen) atoms. The van der Waals surface area contributed by atoms with Crippen LogP contribution in [0.4, 0.5) is 13.2 Å². The molecule has 2 nitrogen and oxygen atoms in total. The van der Waals surface area contributed by atoms with Crippen LogP contribution in [0.3, 0.4) is 0 Å². The Morgan fingerprint density at radius 1 is 1.19 bits per heavy atom. The molecule has 5 heteroatoms. The predicted molar refractivity (Wildman–Crippen MR) is 52.1 cm³/mol. The van der Waals surface area contributed by atoms with Gasteiger partial charge in [-0.3, -0.25) is 4.79 Å². The number of carbonyl (C=O) groups excluding carboxylic acids is 1. The molecule has 0 amide bonds. The van der Waals surface area contributed by atoms with Gasteiger partial charge < -0.3 is 5.11 Å². The topological polar surface area (TPSA) is 37.3 Å². The van der Waals surface area contributed by atoms with E-state index in [4.69, 9.17) is 5.11 Å². The number of Topliss-reactive ketones (excluding diaryl/α,β-unsaturated/α-hetero) is 1. The van der Waals surface area contributed by atoms with Crippen molar-refractivity contribution in [3.8, 4) is 5.75 Å². The lowest BCUT2D eigenvalue weighted by Gasteiger charge is -2.05. The maximum atomic E-state index is 11.8. The van der Waals surface area contributed by atoms with Gasteiger partial charge in [0.1, 0.15) is 11.5 Å². The van der Waals surface area contributed by atoms with Gasteiger partial charge in [-0.25, -0.2) is 0 Å². The minimum atomic E-state index is -4.29. The van der Waals surface area contributed by atoms with Crippen LogP contribution in [0.2, 0.25) is 0 Å². The van der Waals surface area contributed by atoms with E-state index in [1.54, 1.807) is 0 Å². The third-order valence-electron chi connectivity index (χ3n) is 2.02. The lowest BCUT2D eigenvalue weighted by molar-refractivity contribution is -0.143. The first-order valence-corrected chi connectivity index (χ1v) is 4.73. The number of benzene rings is 1. The maximum absolute atomic E-state index is 11.8. The van der Waals surface area contributed by atoms with Gasteiger partial charge in [0.25, 0.3) is 0 Å². The molecule has 0 atom stereocenters. The number of halogens is 3. The van der Waals surface area contributed by atoms with Gasteiger partial charge in [-0.05, 0) is 17.7 Å². The average Bonchev–Trinajstić information content (AvgIpc) is 2.18. The number of alkyl halides is 3. The number of rotatable bonds is 4. The highest BCUT2D eigenvalue weighted by atomic mass is 19.4. The highest BCUT2D eigenvalue weighted by Crippen LogP contribution is 2.22. The summed E-state index contributed by atoms with van der Waals surface area (Å²) in [6, 6.07) is 5.82. The molecule has 1 aromatic rings. The molecule has 0 aromatic heterocycles. The van der Waals surface area contributed by atoms with E-state index in [0.717, 1.165) is 0 Å². The molecule has 0 spiro atoms. The molecular formula is C11H11F3O2. The van der Waals surface area contributed by atoms with E-state index in [-0.39, 0.29) is 12.2 Å². The fourth-order valence-electron chi connectivity index (χ4n) is 1.21. The molecule has 88 valence electrons. The highest BCUT2D eigenvalue weighted by molar-refractivity contribution is 5.80. The van der Waals surface area contributed by atoms with Crippen LogP contribution in [0.1, 0.15) is 18.4 Å². The number of phenolic OH excluding ortho intramolecular Hbond substituents is 1. The van der Waals surface area contributed by atoms with Gasteiger partial charge in [0.2, 0.25) is 0 Å². The number of carbonyl (C=O) groups is 1. The van der Waals surface area contributed by atoms with Crippen LogP contribution in [0.5, 0.6) is 5.75 Å². The average molecular weight is 232 g/mol. The lowest BCUT2D eigenvalue weighted by atomic mass is 10.1. The minimum Gasteiger partial charge on any atom is -0.508 e. The van der Waals surface area contributed by atoms with Crippen molar-refractivity contribution in [3.63, 3.8) is 0 Å². The normalized spacial score (nSPS) is 11.4. The SMILES string of the molecule is O=C(CCC(F)(F)F)Cc1ccc(O)cc1. The summed E-state index contributed by atoms with van der Waals surface area (Å²) in [5.41, 5.74) is 0.602. The van der Waals surface area contributed by atoms with E-state index < -0.39 is 24.8 Å². The Morgan fingerprint density at radius 3 is 2.25 bits per heavy atom. The summed E-state index contributed by atoms with van der Waals surface area (Å²) in [5, 5.41) is 8.97. The number of hydrogen-bond acceptors (Lipinski definition) is 2. The quantitative estimate of drug-likeness (QED) is 0.866. The summed E-state index contributed by atoms with van der Waals surface area (Å²) in [5.74, 6) is -0.394. The zero-order valence-corrected chi connectivity index (χ0v) is 8.42. The van der Waals surface area contributed by atoms with Crippen molar-refractivity contribution in [2.75, 3.05) is 0 Å². The summed E-state index contributed by atoms with van der Waals surface area (Å²) in [6.45, 7) is 0. The molecule has 0 aliphatic carbocycles. The van der Waals surface area contributed by atoms with E-state index in [9.17, 15) is 18.0 Å². The van der Waals surface area contributed by atoms with Crippen LogP contribution in [-0.2, 0) is 11.2 Å². The van der Waals surface area contributed by atoms with Gasteiger partial charge >= 0.3 is 6.18 Å². The summed E-state index contributed by atoms with van der Waals surface area (Å²) in [7, 11) is 0. The van der Waals surface area contributed by atoms with E-state index in [2.05, 4.69) is 0 Å². The third kappa shape index (κ3) is 4.82. The second kappa shape index (κ2) is 5.01. The number of hydrogen-bond donors (Lipinski definition) is 1. The molecule has 0 aliphatic rings. The van der Waals surface area contributed by atoms with Gasteiger partial charge in [-0.15, -0.1) is 0 Å². The zero-order valence-electron chi connectivity index (χ0n) is 8.42. The van der Waals surface area contributed by atoms with Crippen molar-refractivity contribution in [1.29, 1.82) is 0 Å². The summed E-state index contributed by atoms with van der Waals surface area (Å²) in [4.78, 5) is 11.2. The highest BCUT2D eigenvalue weighted by Gasteiger charge is 2.27. The molecular weight excluding hydrogens is 221 g/mol. The molecule has 0 radical (unpaired) electrons. The fraction of sp³-hybridized carbons (Fsp3) is 0.364. The van der Waals surface area contributed by atoms with Crippen molar-refractivity contribution in [1.82, 2.24) is 0 Å². The molecule has 0 unspecified atom stereocenters. The Hall–Kier alpha value is -1.52. The first kappa shape index (κ1) is 12.5. The van der Waals surface area contributed by atoms with Crippen LogP contribution < -0.4 is 0 Å². The lowest BCUT2D eigenvalue weighted by Crippen LogP contribution is -2.12. The van der Waals surface area contributed by atoms with Gasteiger partial charge in [-0.1, -0.05) is 12.1 Å². The Kier molecular flexibility index (Phi) is 3.93. The third-order valence-corrected chi connectivity index (χ3v) is 2.02. The number of ketones is 1. The molecule has 1 N–H and O–H groups in total. The summed E-state index contributed by atoms with van der Waals surface area (Å²) in [6.07, 6.45) is -5.89. The Bertz CT molecular complexity index is 354. The second-order valence-electron chi connectivity index (χ2n) is 3.50. The first-order chi connectivity index (χ1) is 7.37. The van der Waals surface area contributed by atoms with Crippen LogP contribution in [0.15, 0.2) is 24.3 Å². The zero-order chi connectivity index (χ0) is 12.2. The molecule has 1 rings (SSSR count). The van der Waals surface area contributed by atoms with Crippen molar-refractivity contribution in [2.45, 2.75) is 25.4 Å². The van der Waals surface area contributed by atoms with Gasteiger partial charge in [0.05, 0.1) is 6.42 Å². The van der Waals surface area contributed by atoms with E-state index in [1.807, 2.05) is 0 Å². The number of phenols is 1. The second-order valence-corrected chi connectivity index (χ2v) is 3.50. The van der Waals surface area contributed by atoms with Crippen molar-refractivity contribution < 1.29 is 23.1 Å². The van der Waals surface area contributed by atoms with Crippen molar-refractivity contribution in [3.05, 3.63) is 29.8 Å². The molecule has 0 fully saturated rings. The van der Waals surface area contributed by atoms with Crippen LogP contribution in [0.25, 0.3) is 0 Å². The van der Waals surface area contributed by atoms with E-state index in [1.165, 1.54) is 24.3 Å². The van der Waals surface area contributed by atoms with Crippen molar-refractivity contribution >= 4 is 5.78 Å². The molecule has 0 aliphatic heterocycles. The molecule has 1 aromatic carbocycles. The van der Waals surface area contributed by atoms with Gasteiger partial charge in [-0.2, -0.15) is 13.2 Å². The standard InChI is InChI=1S/C11H11F3O2/c12-11(13,14)6-5-10(16)7-8-1-3-9(15)4-2-8/h1-4,15H,5-7H2. The monoisotopic (exact) mass is 232 g/mol. The van der Waals surface area contributed by atoms with Crippen molar-refractivity contribution in [2.24, 2.45) is 0 Å². The Balaban J connectivity index is 2.43. The smallest absolute Gasteiger partial charge is 0.389 e. The Labute approximate surface area is 90.7 Å². The van der Waals surface area contributed by atoms with E-state index in [0.29, 0.717) is 5.56 Å². The predicted octanol–water partition coefficient (Wildman–Crippen LogP) is 2.85. The summed E-state index contributed by atoms with van der Waals surface area (Å²) >= 11 is 0. The molecule has 0 saturated carbocycles. The number of aromatic hydroxyl groups is 1. The Morgan fingerprint density at radius 2 is 1.75 bits per heavy atom. The van der Waals surface area contributed by atoms with E-state index >= 15 is 0 Å². The van der Waals surface area contributed by atoms with Gasteiger partial charge in [0.15, 0.2) is 0 Å². The van der Waals surface area contributed by atoms with Crippen LogP contribution >= 0.6 is 0 Å². The molecule has 0 saturated heterocycles. The molecule has 0 bridgehead atoms. The maximum Gasteiger partial charge on any atom is 0.389 e. The first-order valence-electron chi connectivity index (χ1n) is 4.73. The van der Waals surface area contributed by atoms with Crippen LogP contribution in [0, 0.1) is 0 Å². The molecule has 0 heterocycles. The minimum absolute atomic E-state index is 0.0314. The largest absolute Gasteiger partial charge is 0.508 e. The summed E-state index contributed by atoms with van der Waals surface area (Å²) < 4.78 is 35.5. The fourth-order valence-corrected chi connectivity index (χ4v) is 1.21. The van der Waals surface area contributed by atoms with Gasteiger partial charge in [0, 0.05) is 12.8 Å². The van der Waals surface area contributed by atoms with Crippen LogP contribution in [-0.4, -0.2) is 17.1 Å².